The Morgan fingerprint density at radius 2 is 2.10 bits per heavy atom. The fourth-order valence-electron chi connectivity index (χ4n) is 2.71. The maximum absolute atomic E-state index is 12.1. The van der Waals surface area contributed by atoms with E-state index in [9.17, 15) is 4.79 Å². The average Bonchev–Trinajstić information content (AvgIpc) is 3.10. The Labute approximate surface area is 124 Å². The molecule has 0 saturated heterocycles. The zero-order valence-electron chi connectivity index (χ0n) is 12.5. The fraction of sp³-hybridized carbons (Fsp3) is 0.353. The lowest BCUT2D eigenvalue weighted by Gasteiger charge is -2.06. The summed E-state index contributed by atoms with van der Waals surface area (Å²) in [6, 6.07) is 8.15. The number of fused-ring (bicyclic) bond motifs is 1. The van der Waals surface area contributed by atoms with E-state index >= 15 is 0 Å². The Morgan fingerprint density at radius 3 is 2.86 bits per heavy atom. The predicted molar refractivity (Wildman–Crippen MR) is 81.0 cm³/mol. The van der Waals surface area contributed by atoms with Gasteiger partial charge in [0.2, 0.25) is 0 Å². The first kappa shape index (κ1) is 13.9. The Bertz CT molecular complexity index is 673. The molecule has 21 heavy (non-hydrogen) atoms. The Morgan fingerprint density at radius 1 is 1.29 bits per heavy atom. The van der Waals surface area contributed by atoms with Gasteiger partial charge >= 0.3 is 0 Å². The van der Waals surface area contributed by atoms with Crippen molar-refractivity contribution in [3.63, 3.8) is 0 Å². The minimum Gasteiger partial charge on any atom is -0.456 e. The van der Waals surface area contributed by atoms with E-state index in [1.54, 1.807) is 6.07 Å². The molecule has 110 valence electrons. The monoisotopic (exact) mass is 284 g/mol. The quantitative estimate of drug-likeness (QED) is 0.907. The summed E-state index contributed by atoms with van der Waals surface area (Å²) < 4.78 is 5.57. The minimum absolute atomic E-state index is 0.156. The number of carbonyl (C=O) groups is 1. The fourth-order valence-corrected chi connectivity index (χ4v) is 2.71. The molecule has 0 radical (unpaired) electrons. The lowest BCUT2D eigenvalue weighted by molar-refractivity contribution is 0.0921. The van der Waals surface area contributed by atoms with Gasteiger partial charge in [-0.15, -0.1) is 0 Å². The third-order valence-corrected chi connectivity index (χ3v) is 3.92. The van der Waals surface area contributed by atoms with Gasteiger partial charge in [-0.05, 0) is 35.2 Å². The lowest BCUT2D eigenvalue weighted by Crippen LogP contribution is -2.22. The number of hydrogen-bond donors (Lipinski definition) is 2. The van der Waals surface area contributed by atoms with Crippen molar-refractivity contribution in [1.29, 1.82) is 0 Å². The van der Waals surface area contributed by atoms with Gasteiger partial charge < -0.3 is 15.1 Å². The average molecular weight is 284 g/mol. The molecule has 1 aromatic heterocycles. The largest absolute Gasteiger partial charge is 0.456 e. The molecule has 0 bridgehead atoms. The van der Waals surface area contributed by atoms with E-state index in [2.05, 4.69) is 28.8 Å². The molecule has 0 atom stereocenters. The van der Waals surface area contributed by atoms with Crippen LogP contribution in [0, 0.1) is 6.92 Å². The van der Waals surface area contributed by atoms with E-state index in [1.807, 2.05) is 13.8 Å². The molecule has 0 unspecified atom stereocenters. The van der Waals surface area contributed by atoms with Crippen LogP contribution < -0.4 is 10.6 Å². The van der Waals surface area contributed by atoms with Crippen molar-refractivity contribution in [2.24, 2.45) is 0 Å². The summed E-state index contributed by atoms with van der Waals surface area (Å²) in [7, 11) is 0. The van der Waals surface area contributed by atoms with Crippen molar-refractivity contribution >= 4 is 5.91 Å². The number of aryl methyl sites for hydroxylation is 2. The third-order valence-electron chi connectivity index (χ3n) is 3.92. The molecule has 2 heterocycles. The molecule has 1 aromatic carbocycles. The van der Waals surface area contributed by atoms with Crippen LogP contribution in [-0.4, -0.2) is 5.91 Å². The zero-order chi connectivity index (χ0) is 14.8. The Kier molecular flexibility index (Phi) is 3.80. The van der Waals surface area contributed by atoms with Crippen LogP contribution in [0.4, 0.5) is 0 Å². The van der Waals surface area contributed by atoms with Gasteiger partial charge in [-0.2, -0.15) is 0 Å². The van der Waals surface area contributed by atoms with Gasteiger partial charge in [0, 0.05) is 26.1 Å². The second kappa shape index (κ2) is 5.74. The summed E-state index contributed by atoms with van der Waals surface area (Å²) in [6.45, 7) is 6.35. The molecule has 4 nitrogen and oxygen atoms in total. The maximum Gasteiger partial charge on any atom is 0.287 e. The highest BCUT2D eigenvalue weighted by atomic mass is 16.4. The van der Waals surface area contributed by atoms with Crippen LogP contribution in [0.5, 0.6) is 0 Å². The van der Waals surface area contributed by atoms with Crippen molar-refractivity contribution in [3.8, 4) is 0 Å². The van der Waals surface area contributed by atoms with Gasteiger partial charge in [0.25, 0.3) is 5.91 Å². The van der Waals surface area contributed by atoms with Crippen LogP contribution in [0.25, 0.3) is 0 Å². The SMILES string of the molecule is CCc1oc(C(=O)NCc2ccc3c(c2)CNC3)cc1C. The van der Waals surface area contributed by atoms with Crippen molar-refractivity contribution < 1.29 is 9.21 Å². The van der Waals surface area contributed by atoms with Crippen LogP contribution in [0.15, 0.2) is 28.7 Å². The minimum atomic E-state index is -0.156. The molecule has 1 amide bonds. The summed E-state index contributed by atoms with van der Waals surface area (Å²) >= 11 is 0. The highest BCUT2D eigenvalue weighted by molar-refractivity contribution is 5.91. The van der Waals surface area contributed by atoms with Gasteiger partial charge in [0.05, 0.1) is 0 Å². The number of rotatable bonds is 4. The Hall–Kier alpha value is -2.07. The number of hydrogen-bond acceptors (Lipinski definition) is 3. The van der Waals surface area contributed by atoms with Crippen LogP contribution in [0.3, 0.4) is 0 Å². The summed E-state index contributed by atoms with van der Waals surface area (Å²) in [5.41, 5.74) is 4.82. The lowest BCUT2D eigenvalue weighted by atomic mass is 10.1. The Balaban J connectivity index is 1.65. The number of benzene rings is 1. The summed E-state index contributed by atoms with van der Waals surface area (Å²) in [5, 5.41) is 6.24. The van der Waals surface area contributed by atoms with Gasteiger partial charge in [0.15, 0.2) is 5.76 Å². The molecule has 0 fully saturated rings. The van der Waals surface area contributed by atoms with Gasteiger partial charge in [-0.1, -0.05) is 25.1 Å². The van der Waals surface area contributed by atoms with Gasteiger partial charge in [-0.3, -0.25) is 4.79 Å². The smallest absolute Gasteiger partial charge is 0.287 e. The van der Waals surface area contributed by atoms with E-state index in [0.717, 1.165) is 36.4 Å². The number of furan rings is 1. The molecule has 0 aliphatic carbocycles. The predicted octanol–water partition coefficient (Wildman–Crippen LogP) is 2.68. The number of carbonyl (C=O) groups excluding carboxylic acids is 1. The van der Waals surface area contributed by atoms with E-state index in [0.29, 0.717) is 12.3 Å². The maximum atomic E-state index is 12.1. The van der Waals surface area contributed by atoms with E-state index in [1.165, 1.54) is 11.1 Å². The molecule has 2 N–H and O–H groups in total. The first-order chi connectivity index (χ1) is 10.2. The van der Waals surface area contributed by atoms with Crippen LogP contribution >= 0.6 is 0 Å². The van der Waals surface area contributed by atoms with Gasteiger partial charge in [-0.25, -0.2) is 0 Å². The highest BCUT2D eigenvalue weighted by Gasteiger charge is 2.14. The van der Waals surface area contributed by atoms with Gasteiger partial charge in [0.1, 0.15) is 5.76 Å². The summed E-state index contributed by atoms with van der Waals surface area (Å²) in [5.74, 6) is 1.12. The molecular formula is C17H20N2O2. The standard InChI is InChI=1S/C17H20N2O2/c1-3-15-11(2)6-16(21-15)17(20)19-8-12-4-5-13-9-18-10-14(13)7-12/h4-7,18H,3,8-10H2,1-2H3,(H,19,20). The molecule has 1 aliphatic rings. The van der Waals surface area contributed by atoms with Crippen LogP contribution in [0.2, 0.25) is 0 Å². The second-order valence-corrected chi connectivity index (χ2v) is 5.46. The number of nitrogens with one attached hydrogen (secondary N) is 2. The molecule has 3 rings (SSSR count). The molecule has 1 aliphatic heterocycles. The summed E-state index contributed by atoms with van der Waals surface area (Å²) in [4.78, 5) is 12.1. The first-order valence-corrected chi connectivity index (χ1v) is 7.36. The van der Waals surface area contributed by atoms with E-state index < -0.39 is 0 Å². The van der Waals surface area contributed by atoms with Crippen molar-refractivity contribution in [2.75, 3.05) is 0 Å². The third kappa shape index (κ3) is 2.85. The summed E-state index contributed by atoms with van der Waals surface area (Å²) in [6.07, 6.45) is 0.803. The van der Waals surface area contributed by atoms with Crippen molar-refractivity contribution in [1.82, 2.24) is 10.6 Å². The zero-order valence-corrected chi connectivity index (χ0v) is 12.5. The molecule has 2 aromatic rings. The van der Waals surface area contributed by atoms with Crippen LogP contribution in [-0.2, 0) is 26.1 Å². The van der Waals surface area contributed by atoms with Crippen molar-refractivity contribution in [3.05, 3.63) is 58.0 Å². The first-order valence-electron chi connectivity index (χ1n) is 7.36. The number of amides is 1. The van der Waals surface area contributed by atoms with E-state index in [-0.39, 0.29) is 5.91 Å². The topological polar surface area (TPSA) is 54.3 Å². The van der Waals surface area contributed by atoms with Crippen LogP contribution in [0.1, 0.15) is 45.5 Å². The second-order valence-electron chi connectivity index (χ2n) is 5.46. The molecule has 4 heteroatoms. The molecule has 0 spiro atoms. The van der Waals surface area contributed by atoms with Crippen molar-refractivity contribution in [2.45, 2.75) is 39.9 Å². The normalized spacial score (nSPS) is 13.2. The van der Waals surface area contributed by atoms with E-state index in [4.69, 9.17) is 4.42 Å². The highest BCUT2D eigenvalue weighted by Crippen LogP contribution is 2.18. The molecule has 0 saturated carbocycles. The molecular weight excluding hydrogens is 264 g/mol.